The minimum atomic E-state index is -0.463. The van der Waals surface area contributed by atoms with Crippen molar-refractivity contribution in [1.82, 2.24) is 10.2 Å². The Labute approximate surface area is 187 Å². The summed E-state index contributed by atoms with van der Waals surface area (Å²) >= 11 is 0. The van der Waals surface area contributed by atoms with Crippen molar-refractivity contribution in [3.05, 3.63) is 59.2 Å². The Kier molecular flexibility index (Phi) is 5.44. The highest BCUT2D eigenvalue weighted by atomic mass is 19.1. The molecular weight excluding hydrogens is 410 g/mol. The number of piperidine rings is 3. The monoisotopic (exact) mass is 440 g/mol. The third-order valence-corrected chi connectivity index (χ3v) is 7.63. The summed E-state index contributed by atoms with van der Waals surface area (Å²) in [5.74, 6) is -0.449. The van der Waals surface area contributed by atoms with Gasteiger partial charge >= 0.3 is 6.09 Å². The molecule has 0 spiro atoms. The van der Waals surface area contributed by atoms with Crippen molar-refractivity contribution in [3.63, 3.8) is 0 Å². The number of halogens is 2. The largest absolute Gasteiger partial charge is 0.445 e. The molecule has 2 bridgehead atoms. The predicted octanol–water partition coefficient (Wildman–Crippen LogP) is 5.47. The van der Waals surface area contributed by atoms with Crippen molar-refractivity contribution in [3.8, 4) is 11.1 Å². The number of nitrogens with zero attached hydrogens (tertiary/aromatic N) is 1. The number of aryl methyl sites for hydroxylation is 1. The van der Waals surface area contributed by atoms with Crippen LogP contribution in [0.4, 0.5) is 13.6 Å². The SMILES string of the molecule is CC1(C)CCc2cc(-c3cc(F)ccc3F)ccc2C1NC(=O)O[C@H]1CN2CCC1CC2. The van der Waals surface area contributed by atoms with Crippen molar-refractivity contribution in [2.75, 3.05) is 19.6 Å². The van der Waals surface area contributed by atoms with Crippen molar-refractivity contribution in [2.45, 2.75) is 51.7 Å². The summed E-state index contributed by atoms with van der Waals surface area (Å²) in [5.41, 5.74) is 2.83. The maximum absolute atomic E-state index is 14.3. The molecule has 6 rings (SSSR count). The summed E-state index contributed by atoms with van der Waals surface area (Å²) in [5, 5.41) is 3.14. The van der Waals surface area contributed by atoms with Crippen LogP contribution in [0.25, 0.3) is 11.1 Å². The van der Waals surface area contributed by atoms with Gasteiger partial charge in [-0.3, -0.25) is 4.90 Å². The lowest BCUT2D eigenvalue weighted by molar-refractivity contribution is -0.0353. The first-order chi connectivity index (χ1) is 15.3. The molecule has 3 saturated heterocycles. The quantitative estimate of drug-likeness (QED) is 0.689. The van der Waals surface area contributed by atoms with E-state index in [0.29, 0.717) is 11.5 Å². The summed E-state index contributed by atoms with van der Waals surface area (Å²) in [4.78, 5) is 15.2. The summed E-state index contributed by atoms with van der Waals surface area (Å²) < 4.78 is 33.9. The fourth-order valence-electron chi connectivity index (χ4n) is 5.62. The minimum absolute atomic E-state index is 0.0398. The Bertz CT molecular complexity index is 1030. The zero-order valence-corrected chi connectivity index (χ0v) is 18.7. The number of hydrogen-bond donors (Lipinski definition) is 1. The van der Waals surface area contributed by atoms with Crippen LogP contribution in [0, 0.1) is 23.0 Å². The van der Waals surface area contributed by atoms with Crippen molar-refractivity contribution >= 4 is 6.09 Å². The van der Waals surface area contributed by atoms with E-state index >= 15 is 0 Å². The van der Waals surface area contributed by atoms with Gasteiger partial charge in [0.15, 0.2) is 0 Å². The molecular formula is C26H30F2N2O2. The van der Waals surface area contributed by atoms with Gasteiger partial charge in [0.25, 0.3) is 0 Å². The lowest BCUT2D eigenvalue weighted by atomic mass is 9.70. The number of fused-ring (bicyclic) bond motifs is 4. The number of nitrogens with one attached hydrogen (secondary N) is 1. The van der Waals surface area contributed by atoms with E-state index < -0.39 is 11.6 Å². The third-order valence-electron chi connectivity index (χ3n) is 7.63. The summed E-state index contributed by atoms with van der Waals surface area (Å²) in [6, 6.07) is 8.98. The average molecular weight is 441 g/mol. The topological polar surface area (TPSA) is 41.6 Å². The lowest BCUT2D eigenvalue weighted by Crippen LogP contribution is -2.53. The van der Waals surface area contributed by atoms with E-state index in [4.69, 9.17) is 4.74 Å². The molecule has 1 unspecified atom stereocenters. The van der Waals surface area contributed by atoms with Crippen LogP contribution in [0.2, 0.25) is 0 Å². The van der Waals surface area contributed by atoms with Crippen LogP contribution < -0.4 is 5.32 Å². The molecule has 6 heteroatoms. The molecule has 1 amide bonds. The van der Waals surface area contributed by atoms with Crippen molar-refractivity contribution in [1.29, 1.82) is 0 Å². The molecule has 170 valence electrons. The van der Waals surface area contributed by atoms with Crippen molar-refractivity contribution in [2.24, 2.45) is 11.3 Å². The molecule has 3 heterocycles. The Morgan fingerprint density at radius 1 is 1.12 bits per heavy atom. The highest BCUT2D eigenvalue weighted by Gasteiger charge is 2.40. The first kappa shape index (κ1) is 21.4. The molecule has 0 aromatic heterocycles. The van der Waals surface area contributed by atoms with E-state index in [9.17, 15) is 13.6 Å². The first-order valence-corrected chi connectivity index (χ1v) is 11.6. The molecule has 4 aliphatic rings. The van der Waals surface area contributed by atoms with Gasteiger partial charge < -0.3 is 10.1 Å². The Hall–Kier alpha value is -2.47. The van der Waals surface area contributed by atoms with Gasteiger partial charge in [0.1, 0.15) is 17.7 Å². The molecule has 2 aromatic rings. The predicted molar refractivity (Wildman–Crippen MR) is 119 cm³/mol. The number of rotatable bonds is 3. The Morgan fingerprint density at radius 3 is 2.62 bits per heavy atom. The van der Waals surface area contributed by atoms with Crippen molar-refractivity contribution < 1.29 is 18.3 Å². The van der Waals surface area contributed by atoms with Crippen LogP contribution >= 0.6 is 0 Å². The molecule has 2 atom stereocenters. The molecule has 4 nitrogen and oxygen atoms in total. The van der Waals surface area contributed by atoms with E-state index in [0.717, 1.165) is 68.6 Å². The molecule has 1 N–H and O–H groups in total. The number of benzene rings is 2. The number of alkyl carbamates (subject to hydrolysis) is 1. The van der Waals surface area contributed by atoms with Gasteiger partial charge in [-0.1, -0.05) is 32.0 Å². The van der Waals surface area contributed by atoms with Crippen LogP contribution in [0.5, 0.6) is 0 Å². The number of ether oxygens (including phenoxy) is 1. The molecule has 2 aromatic carbocycles. The standard InChI is InChI=1S/C26H30F2N2O2/c1-26(2)10-7-18-13-17(21-14-19(27)4-6-22(21)28)3-5-20(18)24(26)29-25(31)32-23-15-30-11-8-16(23)9-12-30/h3-6,13-14,16,23-24H,7-12,15H2,1-2H3,(H,29,31)/t23-,24?/m0/s1. The second-order valence-electron chi connectivity index (χ2n) is 10.2. The lowest BCUT2D eigenvalue weighted by Gasteiger charge is -2.44. The molecule has 32 heavy (non-hydrogen) atoms. The zero-order chi connectivity index (χ0) is 22.5. The van der Waals surface area contributed by atoms with Gasteiger partial charge in [-0.15, -0.1) is 0 Å². The van der Waals surface area contributed by atoms with Crippen LogP contribution in [-0.4, -0.2) is 36.7 Å². The van der Waals surface area contributed by atoms with Gasteiger partial charge in [0.2, 0.25) is 0 Å². The maximum Gasteiger partial charge on any atom is 0.407 e. The number of hydrogen-bond acceptors (Lipinski definition) is 3. The van der Waals surface area contributed by atoms with Gasteiger partial charge in [-0.05, 0) is 85.0 Å². The summed E-state index contributed by atoms with van der Waals surface area (Å²) in [6.45, 7) is 7.32. The zero-order valence-electron chi connectivity index (χ0n) is 18.7. The minimum Gasteiger partial charge on any atom is -0.445 e. The van der Waals surface area contributed by atoms with Gasteiger partial charge in [0.05, 0.1) is 6.04 Å². The Balaban J connectivity index is 1.37. The summed E-state index contributed by atoms with van der Waals surface area (Å²) in [7, 11) is 0. The average Bonchev–Trinajstić information content (AvgIpc) is 2.78. The molecule has 0 radical (unpaired) electrons. The maximum atomic E-state index is 14.3. The smallest absolute Gasteiger partial charge is 0.407 e. The second kappa shape index (κ2) is 8.14. The molecule has 3 fully saturated rings. The summed E-state index contributed by atoms with van der Waals surface area (Å²) in [6.07, 6.45) is 3.47. The van der Waals surface area contributed by atoms with E-state index in [1.54, 1.807) is 0 Å². The number of carbonyl (C=O) groups excluding carboxylic acids is 1. The van der Waals surface area contributed by atoms with E-state index in [1.807, 2.05) is 18.2 Å². The number of amides is 1. The van der Waals surface area contributed by atoms with Gasteiger partial charge in [-0.25, -0.2) is 13.6 Å². The van der Waals surface area contributed by atoms with Gasteiger partial charge in [-0.2, -0.15) is 0 Å². The third kappa shape index (κ3) is 4.01. The van der Waals surface area contributed by atoms with Crippen LogP contribution in [0.1, 0.15) is 50.3 Å². The van der Waals surface area contributed by atoms with Crippen LogP contribution in [-0.2, 0) is 11.2 Å². The normalized spacial score (nSPS) is 28.1. The highest BCUT2D eigenvalue weighted by Crippen LogP contribution is 2.44. The Morgan fingerprint density at radius 2 is 1.91 bits per heavy atom. The van der Waals surface area contributed by atoms with E-state index in [2.05, 4.69) is 24.1 Å². The second-order valence-corrected chi connectivity index (χ2v) is 10.2. The van der Waals surface area contributed by atoms with Gasteiger partial charge in [0, 0.05) is 12.1 Å². The van der Waals surface area contributed by atoms with Crippen LogP contribution in [0.3, 0.4) is 0 Å². The fourth-order valence-corrected chi connectivity index (χ4v) is 5.62. The molecule has 3 aliphatic heterocycles. The van der Waals surface area contributed by atoms with Crippen LogP contribution in [0.15, 0.2) is 36.4 Å². The number of carbonyl (C=O) groups is 1. The molecule has 0 saturated carbocycles. The highest BCUT2D eigenvalue weighted by molar-refractivity contribution is 5.70. The first-order valence-electron chi connectivity index (χ1n) is 11.6. The molecule has 1 aliphatic carbocycles. The van der Waals surface area contributed by atoms with E-state index in [1.165, 1.54) is 6.07 Å². The fraction of sp³-hybridized carbons (Fsp3) is 0.500. The van der Waals surface area contributed by atoms with E-state index in [-0.39, 0.29) is 29.2 Å².